The smallest absolute Gasteiger partial charge is 0.309 e. The van der Waals surface area contributed by atoms with Gasteiger partial charge in [0.1, 0.15) is 11.0 Å². The van der Waals surface area contributed by atoms with Crippen LogP contribution < -0.4 is 0 Å². The second-order valence-corrected chi connectivity index (χ2v) is 8.10. The number of halogens is 2. The Kier molecular flexibility index (Phi) is 5.96. The van der Waals surface area contributed by atoms with Gasteiger partial charge in [0.15, 0.2) is 0 Å². The molecule has 9 heteroatoms. The van der Waals surface area contributed by atoms with Crippen molar-refractivity contribution < 1.29 is 13.6 Å². The molecule has 6 nitrogen and oxygen atoms in total. The van der Waals surface area contributed by atoms with Crippen LogP contribution in [0.3, 0.4) is 0 Å². The van der Waals surface area contributed by atoms with Crippen LogP contribution >= 0.6 is 39.5 Å². The van der Waals surface area contributed by atoms with E-state index in [1.165, 1.54) is 0 Å². The second kappa shape index (κ2) is 7.33. The lowest BCUT2D eigenvalue weighted by molar-refractivity contribution is 0.219. The van der Waals surface area contributed by atoms with Gasteiger partial charge < -0.3 is 9.05 Å². The molecule has 21 heavy (non-hydrogen) atoms. The molecule has 0 saturated heterocycles. The Morgan fingerprint density at radius 1 is 1.19 bits per heavy atom. The summed E-state index contributed by atoms with van der Waals surface area (Å²) in [5.74, 6) is 0. The predicted molar refractivity (Wildman–Crippen MR) is 88.7 cm³/mol. The monoisotopic (exact) mass is 439 g/mol. The topological polar surface area (TPSA) is 66.2 Å². The van der Waals surface area contributed by atoms with Crippen molar-refractivity contribution in [2.45, 2.75) is 20.4 Å². The van der Waals surface area contributed by atoms with E-state index in [1.54, 1.807) is 18.5 Å². The summed E-state index contributed by atoms with van der Waals surface area (Å²) in [6, 6.07) is 3.81. The van der Waals surface area contributed by atoms with Crippen LogP contribution in [0.15, 0.2) is 21.1 Å². The minimum absolute atomic E-state index is 0.256. The van der Waals surface area contributed by atoms with E-state index in [0.29, 0.717) is 19.8 Å². The number of aryl methyl sites for hydroxylation is 1. The molecule has 0 radical (unpaired) electrons. The lowest BCUT2D eigenvalue weighted by Gasteiger charge is -2.16. The summed E-state index contributed by atoms with van der Waals surface area (Å²) in [4.78, 5) is 0. The average Bonchev–Trinajstić information content (AvgIpc) is 2.87. The fourth-order valence-corrected chi connectivity index (χ4v) is 4.43. The Labute approximate surface area is 140 Å². The molecule has 1 heterocycles. The highest BCUT2D eigenvalue weighted by atomic mass is 79.9. The summed E-state index contributed by atoms with van der Waals surface area (Å²) in [6.07, 6.45) is 0.256. The van der Waals surface area contributed by atoms with Crippen molar-refractivity contribution in [1.82, 2.24) is 15.0 Å². The molecule has 0 amide bonds. The van der Waals surface area contributed by atoms with Gasteiger partial charge in [-0.2, -0.15) is 0 Å². The third-order valence-corrected chi connectivity index (χ3v) is 6.13. The quantitative estimate of drug-likeness (QED) is 0.603. The number of hydrogen-bond donors (Lipinski definition) is 0. The van der Waals surface area contributed by atoms with Crippen LogP contribution in [-0.4, -0.2) is 34.4 Å². The fraction of sp³-hybridized carbons (Fsp3) is 0.500. The maximum Gasteiger partial charge on any atom is 0.332 e. The van der Waals surface area contributed by atoms with Crippen molar-refractivity contribution in [3.05, 3.63) is 21.1 Å². The summed E-state index contributed by atoms with van der Waals surface area (Å²) in [5, 5.41) is 8.25. The number of nitrogens with zero attached hydrogens (tertiary/aromatic N) is 3. The highest BCUT2D eigenvalue weighted by molar-refractivity contribution is 9.11. The molecule has 0 saturated carbocycles. The lowest BCUT2D eigenvalue weighted by Crippen LogP contribution is -2.09. The maximum absolute atomic E-state index is 12.5. The average molecular weight is 441 g/mol. The molecule has 0 aliphatic rings. The van der Waals surface area contributed by atoms with Crippen LogP contribution in [0.2, 0.25) is 0 Å². The van der Waals surface area contributed by atoms with E-state index in [0.717, 1.165) is 20.0 Å². The molecule has 116 valence electrons. The summed E-state index contributed by atoms with van der Waals surface area (Å²) >= 11 is 6.93. The Bertz CT molecular complexity index is 667. The van der Waals surface area contributed by atoms with Gasteiger partial charge >= 0.3 is 7.60 Å². The van der Waals surface area contributed by atoms with E-state index in [4.69, 9.17) is 9.05 Å². The first-order chi connectivity index (χ1) is 10.0. The van der Waals surface area contributed by atoms with E-state index >= 15 is 0 Å². The van der Waals surface area contributed by atoms with Crippen molar-refractivity contribution in [3.63, 3.8) is 0 Å². The van der Waals surface area contributed by atoms with Crippen LogP contribution in [0.25, 0.3) is 11.0 Å². The summed E-state index contributed by atoms with van der Waals surface area (Å²) in [6.45, 7) is 4.70. The SMILES string of the molecule is CCOP(=O)(CCn1nnc2c(Br)ccc(Br)c21)OCC. The Morgan fingerprint density at radius 3 is 2.43 bits per heavy atom. The molecule has 0 spiro atoms. The molecular weight excluding hydrogens is 425 g/mol. The van der Waals surface area contributed by atoms with Gasteiger partial charge in [-0.1, -0.05) is 5.21 Å². The lowest BCUT2D eigenvalue weighted by atomic mass is 10.3. The number of benzene rings is 1. The minimum Gasteiger partial charge on any atom is -0.309 e. The Balaban J connectivity index is 2.24. The van der Waals surface area contributed by atoms with Crippen LogP contribution in [0.4, 0.5) is 0 Å². The van der Waals surface area contributed by atoms with Gasteiger partial charge in [-0.25, -0.2) is 4.68 Å². The van der Waals surface area contributed by atoms with Crippen molar-refractivity contribution >= 4 is 50.5 Å². The van der Waals surface area contributed by atoms with Crippen LogP contribution in [0.5, 0.6) is 0 Å². The molecule has 0 N–H and O–H groups in total. The number of fused-ring (bicyclic) bond motifs is 1. The molecule has 2 aromatic rings. The second-order valence-electron chi connectivity index (χ2n) is 4.21. The largest absolute Gasteiger partial charge is 0.332 e. The number of aromatic nitrogens is 3. The molecule has 1 aromatic heterocycles. The van der Waals surface area contributed by atoms with Crippen LogP contribution in [0, 0.1) is 0 Å². The van der Waals surface area contributed by atoms with Gasteiger partial charge in [0.2, 0.25) is 0 Å². The van der Waals surface area contributed by atoms with Gasteiger partial charge in [-0.05, 0) is 57.8 Å². The minimum atomic E-state index is -3.08. The van der Waals surface area contributed by atoms with E-state index < -0.39 is 7.60 Å². The molecule has 0 atom stereocenters. The highest BCUT2D eigenvalue weighted by Gasteiger charge is 2.24. The highest BCUT2D eigenvalue weighted by Crippen LogP contribution is 2.48. The van der Waals surface area contributed by atoms with Gasteiger partial charge in [0, 0.05) is 8.95 Å². The molecule has 0 unspecified atom stereocenters. The number of rotatable bonds is 7. The Morgan fingerprint density at radius 2 is 1.81 bits per heavy atom. The third-order valence-electron chi connectivity index (χ3n) is 2.80. The molecule has 1 aromatic carbocycles. The third kappa shape index (κ3) is 3.93. The van der Waals surface area contributed by atoms with Crippen LogP contribution in [0.1, 0.15) is 13.8 Å². The van der Waals surface area contributed by atoms with E-state index in [9.17, 15) is 4.57 Å². The van der Waals surface area contributed by atoms with Crippen molar-refractivity contribution in [2.75, 3.05) is 19.4 Å². The van der Waals surface area contributed by atoms with Crippen molar-refractivity contribution in [3.8, 4) is 0 Å². The maximum atomic E-state index is 12.5. The van der Waals surface area contributed by atoms with E-state index in [1.807, 2.05) is 12.1 Å². The van der Waals surface area contributed by atoms with Gasteiger partial charge in [0.05, 0.1) is 25.9 Å². The molecular formula is C12H16Br2N3O3P. The summed E-state index contributed by atoms with van der Waals surface area (Å²) in [5.41, 5.74) is 1.61. The molecule has 0 bridgehead atoms. The predicted octanol–water partition coefficient (Wildman–Crippen LogP) is 4.22. The van der Waals surface area contributed by atoms with Gasteiger partial charge in [-0.3, -0.25) is 4.57 Å². The molecule has 0 aliphatic carbocycles. The van der Waals surface area contributed by atoms with Gasteiger partial charge in [0.25, 0.3) is 0 Å². The normalized spacial score (nSPS) is 12.2. The van der Waals surface area contributed by atoms with Crippen molar-refractivity contribution in [2.24, 2.45) is 0 Å². The first kappa shape index (κ1) is 17.1. The standard InChI is InChI=1S/C12H16Br2N3O3P/c1-3-19-21(18,20-4-2)8-7-17-12-10(14)6-5-9(13)11(12)15-16-17/h5-6H,3-4,7-8H2,1-2H3. The van der Waals surface area contributed by atoms with E-state index in [-0.39, 0.29) is 6.16 Å². The zero-order valence-corrected chi connectivity index (χ0v) is 15.8. The van der Waals surface area contributed by atoms with Gasteiger partial charge in [-0.15, -0.1) is 5.10 Å². The first-order valence-electron chi connectivity index (χ1n) is 6.56. The zero-order valence-electron chi connectivity index (χ0n) is 11.8. The summed E-state index contributed by atoms with van der Waals surface area (Å²) < 4.78 is 26.5. The molecule has 2 rings (SSSR count). The first-order valence-corrected chi connectivity index (χ1v) is 9.87. The zero-order chi connectivity index (χ0) is 15.5. The number of hydrogen-bond acceptors (Lipinski definition) is 5. The van der Waals surface area contributed by atoms with E-state index in [2.05, 4.69) is 42.2 Å². The van der Waals surface area contributed by atoms with Crippen molar-refractivity contribution in [1.29, 1.82) is 0 Å². The Hall–Kier alpha value is -0.270. The molecule has 0 aliphatic heterocycles. The summed E-state index contributed by atoms with van der Waals surface area (Å²) in [7, 11) is -3.08. The molecule has 0 fully saturated rings. The van der Waals surface area contributed by atoms with Crippen LogP contribution in [-0.2, 0) is 20.2 Å². The fourth-order valence-electron chi connectivity index (χ4n) is 1.95.